The lowest BCUT2D eigenvalue weighted by molar-refractivity contribution is -0.384. The van der Waals surface area contributed by atoms with E-state index in [-0.39, 0.29) is 27.6 Å². The molecule has 0 unspecified atom stereocenters. The minimum atomic E-state index is -0.544. The van der Waals surface area contributed by atoms with Crippen molar-refractivity contribution in [2.75, 3.05) is 20.3 Å². The first-order valence-electron chi connectivity index (χ1n) is 6.68. The maximum Gasteiger partial charge on any atom is 0.270 e. The van der Waals surface area contributed by atoms with Crippen LogP contribution in [-0.4, -0.2) is 31.1 Å². The Labute approximate surface area is 127 Å². The molecule has 1 aliphatic carbocycles. The normalized spacial score (nSPS) is 15.5. The molecule has 1 amide bonds. The molecule has 1 aromatic rings. The molecule has 0 atom stereocenters. The highest BCUT2D eigenvalue weighted by Gasteiger charge is 2.42. The Balaban J connectivity index is 1.96. The number of methoxy groups -OCH3 is 1. The summed E-state index contributed by atoms with van der Waals surface area (Å²) in [6, 6.07) is 3.84. The molecule has 0 aromatic heterocycles. The van der Waals surface area contributed by atoms with E-state index in [0.29, 0.717) is 13.2 Å². The van der Waals surface area contributed by atoms with Gasteiger partial charge in [-0.1, -0.05) is 11.6 Å². The van der Waals surface area contributed by atoms with Crippen molar-refractivity contribution in [2.45, 2.75) is 19.3 Å². The van der Waals surface area contributed by atoms with Gasteiger partial charge in [-0.25, -0.2) is 0 Å². The lowest BCUT2D eigenvalue weighted by Crippen LogP contribution is -2.31. The first kappa shape index (κ1) is 15.7. The number of nitro groups is 1. The number of rotatable bonds is 7. The predicted molar refractivity (Wildman–Crippen MR) is 78.6 cm³/mol. The van der Waals surface area contributed by atoms with Gasteiger partial charge in [0.05, 0.1) is 15.5 Å². The summed E-state index contributed by atoms with van der Waals surface area (Å²) in [5, 5.41) is 13.6. The van der Waals surface area contributed by atoms with Crippen LogP contribution >= 0.6 is 11.6 Å². The van der Waals surface area contributed by atoms with Gasteiger partial charge < -0.3 is 10.1 Å². The minimum absolute atomic E-state index is 0.0865. The third-order valence-corrected chi connectivity index (χ3v) is 4.14. The highest BCUT2D eigenvalue weighted by molar-refractivity contribution is 6.34. The van der Waals surface area contributed by atoms with E-state index in [9.17, 15) is 14.9 Å². The molecule has 21 heavy (non-hydrogen) atoms. The highest BCUT2D eigenvalue weighted by atomic mass is 35.5. The topological polar surface area (TPSA) is 81.5 Å². The van der Waals surface area contributed by atoms with Crippen LogP contribution in [-0.2, 0) is 4.74 Å². The minimum Gasteiger partial charge on any atom is -0.385 e. The van der Waals surface area contributed by atoms with Crippen LogP contribution in [0.3, 0.4) is 0 Å². The molecule has 1 fully saturated rings. The van der Waals surface area contributed by atoms with Gasteiger partial charge in [0.15, 0.2) is 0 Å². The first-order valence-corrected chi connectivity index (χ1v) is 7.06. The molecule has 114 valence electrons. The molecule has 1 aromatic carbocycles. The number of amides is 1. The molecule has 1 aliphatic rings. The van der Waals surface area contributed by atoms with E-state index >= 15 is 0 Å². The Morgan fingerprint density at radius 1 is 1.52 bits per heavy atom. The van der Waals surface area contributed by atoms with Crippen molar-refractivity contribution in [1.82, 2.24) is 5.32 Å². The van der Waals surface area contributed by atoms with Gasteiger partial charge in [-0.2, -0.15) is 0 Å². The number of nitro benzene ring substituents is 1. The van der Waals surface area contributed by atoms with Gasteiger partial charge in [-0.3, -0.25) is 14.9 Å². The number of carbonyl (C=O) groups is 1. The molecule has 1 N–H and O–H groups in total. The Morgan fingerprint density at radius 2 is 2.24 bits per heavy atom. The summed E-state index contributed by atoms with van der Waals surface area (Å²) in [6.45, 7) is 1.25. The fourth-order valence-electron chi connectivity index (χ4n) is 2.18. The van der Waals surface area contributed by atoms with Crippen LogP contribution in [0.1, 0.15) is 29.6 Å². The van der Waals surface area contributed by atoms with Crippen LogP contribution in [0.25, 0.3) is 0 Å². The van der Waals surface area contributed by atoms with Gasteiger partial charge in [0.1, 0.15) is 0 Å². The van der Waals surface area contributed by atoms with Crippen molar-refractivity contribution in [3.05, 3.63) is 38.9 Å². The summed E-state index contributed by atoms with van der Waals surface area (Å²) >= 11 is 5.93. The van der Waals surface area contributed by atoms with E-state index in [1.54, 1.807) is 7.11 Å². The second kappa shape index (κ2) is 6.41. The van der Waals surface area contributed by atoms with E-state index in [4.69, 9.17) is 16.3 Å². The van der Waals surface area contributed by atoms with Crippen molar-refractivity contribution in [3.8, 4) is 0 Å². The number of nitrogens with one attached hydrogen (secondary N) is 1. The molecule has 0 spiro atoms. The van der Waals surface area contributed by atoms with E-state index in [0.717, 1.165) is 19.3 Å². The molecule has 2 rings (SSSR count). The summed E-state index contributed by atoms with van der Waals surface area (Å²) in [6.07, 6.45) is 3.06. The van der Waals surface area contributed by atoms with Crippen molar-refractivity contribution < 1.29 is 14.5 Å². The molecule has 7 heteroatoms. The van der Waals surface area contributed by atoms with Crippen molar-refractivity contribution in [3.63, 3.8) is 0 Å². The lowest BCUT2D eigenvalue weighted by Gasteiger charge is -2.15. The maximum atomic E-state index is 12.1. The van der Waals surface area contributed by atoms with Crippen molar-refractivity contribution in [2.24, 2.45) is 5.41 Å². The Morgan fingerprint density at radius 3 is 2.76 bits per heavy atom. The summed E-state index contributed by atoms with van der Waals surface area (Å²) in [7, 11) is 1.66. The number of non-ortho nitro benzene ring substituents is 1. The van der Waals surface area contributed by atoms with Crippen LogP contribution in [0.2, 0.25) is 5.02 Å². The average Bonchev–Trinajstić information content (AvgIpc) is 3.23. The van der Waals surface area contributed by atoms with Gasteiger partial charge in [-0.05, 0) is 30.7 Å². The average molecular weight is 313 g/mol. The molecule has 6 nitrogen and oxygen atoms in total. The number of hydrogen-bond acceptors (Lipinski definition) is 4. The zero-order valence-electron chi connectivity index (χ0n) is 11.7. The van der Waals surface area contributed by atoms with Crippen LogP contribution in [0, 0.1) is 15.5 Å². The summed E-state index contributed by atoms with van der Waals surface area (Å²) in [4.78, 5) is 22.2. The van der Waals surface area contributed by atoms with Crippen molar-refractivity contribution in [1.29, 1.82) is 0 Å². The Kier molecular flexibility index (Phi) is 4.80. The number of benzene rings is 1. The number of ether oxygens (including phenoxy) is 1. The zero-order chi connectivity index (χ0) is 15.5. The van der Waals surface area contributed by atoms with Crippen LogP contribution in [0.4, 0.5) is 5.69 Å². The van der Waals surface area contributed by atoms with Crippen molar-refractivity contribution >= 4 is 23.2 Å². The van der Waals surface area contributed by atoms with Gasteiger partial charge in [0.25, 0.3) is 11.6 Å². The first-order chi connectivity index (χ1) is 9.97. The fourth-order valence-corrected chi connectivity index (χ4v) is 2.44. The quantitative estimate of drug-likeness (QED) is 0.620. The molecule has 0 aliphatic heterocycles. The number of nitrogens with zero attached hydrogens (tertiary/aromatic N) is 1. The molecule has 0 saturated heterocycles. The molecular weight excluding hydrogens is 296 g/mol. The third kappa shape index (κ3) is 3.92. The van der Waals surface area contributed by atoms with Gasteiger partial charge in [0.2, 0.25) is 0 Å². The maximum absolute atomic E-state index is 12.1. The van der Waals surface area contributed by atoms with Crippen LogP contribution < -0.4 is 5.32 Å². The summed E-state index contributed by atoms with van der Waals surface area (Å²) < 4.78 is 5.07. The molecule has 0 heterocycles. The smallest absolute Gasteiger partial charge is 0.270 e. The second-order valence-electron chi connectivity index (χ2n) is 5.35. The standard InChI is InChI=1S/C14H17ClN2O4/c1-21-7-6-14(4-5-14)9-16-13(18)11-3-2-10(17(19)20)8-12(11)15/h2-3,8H,4-7,9H2,1H3,(H,16,18). The Bertz CT molecular complexity index is 558. The van der Waals surface area contributed by atoms with E-state index in [1.807, 2.05) is 0 Å². The molecule has 1 saturated carbocycles. The molecule has 0 bridgehead atoms. The van der Waals surface area contributed by atoms with E-state index in [2.05, 4.69) is 5.32 Å². The summed E-state index contributed by atoms with van der Waals surface area (Å²) in [5.41, 5.74) is 0.263. The van der Waals surface area contributed by atoms with E-state index < -0.39 is 4.92 Å². The van der Waals surface area contributed by atoms with Gasteiger partial charge >= 0.3 is 0 Å². The molecular formula is C14H17ClN2O4. The van der Waals surface area contributed by atoms with Crippen LogP contribution in [0.15, 0.2) is 18.2 Å². The van der Waals surface area contributed by atoms with Crippen LogP contribution in [0.5, 0.6) is 0 Å². The number of halogens is 1. The fraction of sp³-hybridized carbons (Fsp3) is 0.500. The highest BCUT2D eigenvalue weighted by Crippen LogP contribution is 2.48. The Hall–Kier alpha value is -1.66. The number of carbonyl (C=O) groups excluding carboxylic acids is 1. The third-order valence-electron chi connectivity index (χ3n) is 3.83. The predicted octanol–water partition coefficient (Wildman–Crippen LogP) is 2.79. The largest absolute Gasteiger partial charge is 0.385 e. The summed E-state index contributed by atoms with van der Waals surface area (Å²) in [5.74, 6) is -0.307. The van der Waals surface area contributed by atoms with E-state index in [1.165, 1.54) is 18.2 Å². The zero-order valence-corrected chi connectivity index (χ0v) is 12.5. The second-order valence-corrected chi connectivity index (χ2v) is 5.75. The molecule has 0 radical (unpaired) electrons. The van der Waals surface area contributed by atoms with Gasteiger partial charge in [-0.15, -0.1) is 0 Å². The number of hydrogen-bond donors (Lipinski definition) is 1. The lowest BCUT2D eigenvalue weighted by atomic mass is 10.0. The monoisotopic (exact) mass is 312 g/mol. The van der Waals surface area contributed by atoms with Gasteiger partial charge in [0, 0.05) is 32.4 Å². The SMILES string of the molecule is COCCC1(CNC(=O)c2ccc([N+](=O)[O-])cc2Cl)CC1.